The van der Waals surface area contributed by atoms with Crippen molar-refractivity contribution in [2.75, 3.05) is 26.3 Å². The number of hydrogen-bond donors (Lipinski definition) is 0. The lowest BCUT2D eigenvalue weighted by Crippen LogP contribution is -2.63. The van der Waals surface area contributed by atoms with Crippen LogP contribution in [0.5, 0.6) is 0 Å². The van der Waals surface area contributed by atoms with E-state index in [1.807, 2.05) is 13.8 Å². The van der Waals surface area contributed by atoms with Crippen LogP contribution < -0.4 is 0 Å². The minimum Gasteiger partial charge on any atom is -0.392 e. The normalized spacial score (nSPS) is 38.3. The molecule has 2 aliphatic heterocycles. The summed E-state index contributed by atoms with van der Waals surface area (Å²) in [5.74, 6) is -1.39. The third kappa shape index (κ3) is 1.54. The number of fused-ring (bicyclic) bond motifs is 2. The van der Waals surface area contributed by atoms with E-state index in [0.29, 0.717) is 39.1 Å². The Hall–Kier alpha value is -1.43. The molecule has 0 radical (unpaired) electrons. The average Bonchev–Trinajstić information content (AvgIpc) is 2.61. The number of hydrogen-bond acceptors (Lipinski definition) is 5. The van der Waals surface area contributed by atoms with Gasteiger partial charge in [-0.2, -0.15) is 0 Å². The first-order valence-electron chi connectivity index (χ1n) is 7.41. The summed E-state index contributed by atoms with van der Waals surface area (Å²) >= 11 is 0. The van der Waals surface area contributed by atoms with Gasteiger partial charge >= 0.3 is 11.9 Å². The van der Waals surface area contributed by atoms with Gasteiger partial charge in [0.1, 0.15) is 0 Å². The quantitative estimate of drug-likeness (QED) is 0.527. The molecule has 0 spiro atoms. The van der Waals surface area contributed by atoms with Gasteiger partial charge in [0.15, 0.2) is 5.41 Å². The van der Waals surface area contributed by atoms with Crippen LogP contribution in [0.4, 0.5) is 0 Å². The van der Waals surface area contributed by atoms with Crippen molar-refractivity contribution >= 4 is 17.8 Å². The number of amides is 1. The van der Waals surface area contributed by atoms with Crippen LogP contribution in [0.25, 0.3) is 0 Å². The van der Waals surface area contributed by atoms with Gasteiger partial charge in [0.2, 0.25) is 5.91 Å². The SMILES string of the molecule is CC12CCC(C(=O)N3CCOCC3)(C(=O)OC1=O)C2(C)C. The monoisotopic (exact) mass is 295 g/mol. The summed E-state index contributed by atoms with van der Waals surface area (Å²) in [7, 11) is 0. The van der Waals surface area contributed by atoms with E-state index in [9.17, 15) is 14.4 Å². The van der Waals surface area contributed by atoms with Gasteiger partial charge in [-0.1, -0.05) is 13.8 Å². The Bertz CT molecular complexity index is 522. The van der Waals surface area contributed by atoms with E-state index in [2.05, 4.69) is 0 Å². The molecule has 2 unspecified atom stereocenters. The van der Waals surface area contributed by atoms with Crippen LogP contribution in [-0.4, -0.2) is 49.0 Å². The molecule has 21 heavy (non-hydrogen) atoms. The van der Waals surface area contributed by atoms with Gasteiger partial charge in [-0.3, -0.25) is 14.4 Å². The van der Waals surface area contributed by atoms with Gasteiger partial charge in [0.25, 0.3) is 0 Å². The number of carbonyl (C=O) groups excluding carboxylic acids is 3. The van der Waals surface area contributed by atoms with Crippen molar-refractivity contribution < 1.29 is 23.9 Å². The molecule has 0 N–H and O–H groups in total. The number of morpholine rings is 1. The highest BCUT2D eigenvalue weighted by molar-refractivity contribution is 6.11. The molecular formula is C15H21NO5. The van der Waals surface area contributed by atoms with Crippen molar-refractivity contribution in [3.8, 4) is 0 Å². The Balaban J connectivity index is 2.04. The molecule has 6 nitrogen and oxygen atoms in total. The molecule has 0 aromatic rings. The minimum absolute atomic E-state index is 0.211. The van der Waals surface area contributed by atoms with Gasteiger partial charge in [0.05, 0.1) is 18.6 Å². The molecular weight excluding hydrogens is 274 g/mol. The maximum absolute atomic E-state index is 13.1. The van der Waals surface area contributed by atoms with Crippen molar-refractivity contribution in [2.45, 2.75) is 33.6 Å². The van der Waals surface area contributed by atoms with E-state index in [-0.39, 0.29) is 5.91 Å². The number of nitrogens with zero attached hydrogens (tertiary/aromatic N) is 1. The Morgan fingerprint density at radius 3 is 2.29 bits per heavy atom. The molecule has 3 fully saturated rings. The number of ether oxygens (including phenoxy) is 2. The number of cyclic esters (lactones) is 2. The lowest BCUT2D eigenvalue weighted by atomic mass is 9.56. The zero-order valence-corrected chi connectivity index (χ0v) is 12.7. The minimum atomic E-state index is -1.24. The fraction of sp³-hybridized carbons (Fsp3) is 0.800. The molecule has 1 amide bonds. The highest BCUT2D eigenvalue weighted by Crippen LogP contribution is 2.66. The van der Waals surface area contributed by atoms with Crippen molar-refractivity contribution in [2.24, 2.45) is 16.2 Å². The first kappa shape index (κ1) is 14.5. The van der Waals surface area contributed by atoms with Crippen molar-refractivity contribution in [3.05, 3.63) is 0 Å². The smallest absolute Gasteiger partial charge is 0.329 e. The molecule has 2 atom stereocenters. The summed E-state index contributed by atoms with van der Waals surface area (Å²) in [5.41, 5.74) is -2.78. The molecule has 2 saturated heterocycles. The number of carbonyl (C=O) groups is 3. The topological polar surface area (TPSA) is 72.9 Å². The third-order valence-electron chi connectivity index (χ3n) is 6.09. The second-order valence-electron chi connectivity index (χ2n) is 6.94. The Labute approximate surface area is 123 Å². The maximum atomic E-state index is 13.1. The molecule has 2 bridgehead atoms. The third-order valence-corrected chi connectivity index (χ3v) is 6.09. The fourth-order valence-corrected chi connectivity index (χ4v) is 4.03. The lowest BCUT2D eigenvalue weighted by Gasteiger charge is -2.49. The van der Waals surface area contributed by atoms with Gasteiger partial charge < -0.3 is 14.4 Å². The van der Waals surface area contributed by atoms with Gasteiger partial charge in [-0.05, 0) is 19.8 Å². The number of esters is 2. The van der Waals surface area contributed by atoms with Crippen LogP contribution in [0.1, 0.15) is 33.6 Å². The van der Waals surface area contributed by atoms with Crippen molar-refractivity contribution in [1.82, 2.24) is 4.90 Å². The Kier molecular flexibility index (Phi) is 2.96. The second kappa shape index (κ2) is 4.29. The standard InChI is InChI=1S/C15H21NO5/c1-13(2)14(3)4-5-15(13,12(19)21-11(14)18)10(17)16-6-8-20-9-7-16/h4-9H2,1-3H3. The second-order valence-corrected chi connectivity index (χ2v) is 6.94. The van der Waals surface area contributed by atoms with Gasteiger partial charge in [0, 0.05) is 18.5 Å². The van der Waals surface area contributed by atoms with Gasteiger partial charge in [-0.25, -0.2) is 0 Å². The van der Waals surface area contributed by atoms with E-state index in [1.165, 1.54) is 0 Å². The largest absolute Gasteiger partial charge is 0.392 e. The number of rotatable bonds is 1. The predicted octanol–water partition coefficient (Wildman–Crippen LogP) is 0.741. The highest BCUT2D eigenvalue weighted by Gasteiger charge is 2.75. The van der Waals surface area contributed by atoms with Crippen LogP contribution in [0.15, 0.2) is 0 Å². The predicted molar refractivity (Wildman–Crippen MR) is 72.1 cm³/mol. The molecule has 116 valence electrons. The fourth-order valence-electron chi connectivity index (χ4n) is 4.03. The summed E-state index contributed by atoms with van der Waals surface area (Å²) in [6.07, 6.45) is 0.873. The van der Waals surface area contributed by atoms with Gasteiger partial charge in [-0.15, -0.1) is 0 Å². The summed E-state index contributed by atoms with van der Waals surface area (Å²) in [6, 6.07) is 0. The first-order valence-corrected chi connectivity index (χ1v) is 7.41. The Morgan fingerprint density at radius 2 is 1.67 bits per heavy atom. The van der Waals surface area contributed by atoms with Crippen LogP contribution in [0, 0.1) is 16.2 Å². The molecule has 0 aromatic heterocycles. The maximum Gasteiger partial charge on any atom is 0.329 e. The van der Waals surface area contributed by atoms with Crippen LogP contribution >= 0.6 is 0 Å². The first-order chi connectivity index (χ1) is 9.77. The van der Waals surface area contributed by atoms with E-state index in [4.69, 9.17) is 9.47 Å². The van der Waals surface area contributed by atoms with Crippen LogP contribution in [0.3, 0.4) is 0 Å². The molecule has 2 heterocycles. The summed E-state index contributed by atoms with van der Waals surface area (Å²) in [5, 5.41) is 0. The summed E-state index contributed by atoms with van der Waals surface area (Å²) in [4.78, 5) is 39.4. The van der Waals surface area contributed by atoms with E-state index < -0.39 is 28.2 Å². The summed E-state index contributed by atoms with van der Waals surface area (Å²) in [6.45, 7) is 7.41. The van der Waals surface area contributed by atoms with E-state index in [1.54, 1.807) is 11.8 Å². The summed E-state index contributed by atoms with van der Waals surface area (Å²) < 4.78 is 10.2. The zero-order chi connectivity index (χ0) is 15.5. The van der Waals surface area contributed by atoms with E-state index >= 15 is 0 Å². The zero-order valence-electron chi connectivity index (χ0n) is 12.7. The van der Waals surface area contributed by atoms with Crippen molar-refractivity contribution in [1.29, 1.82) is 0 Å². The van der Waals surface area contributed by atoms with Crippen LogP contribution in [-0.2, 0) is 23.9 Å². The highest BCUT2D eigenvalue weighted by atomic mass is 16.6. The molecule has 0 aromatic carbocycles. The molecule has 1 aliphatic carbocycles. The molecule has 1 saturated carbocycles. The average molecular weight is 295 g/mol. The van der Waals surface area contributed by atoms with E-state index in [0.717, 1.165) is 0 Å². The van der Waals surface area contributed by atoms with Crippen molar-refractivity contribution in [3.63, 3.8) is 0 Å². The molecule has 3 aliphatic rings. The lowest BCUT2D eigenvalue weighted by molar-refractivity contribution is -0.200. The van der Waals surface area contributed by atoms with Crippen LogP contribution in [0.2, 0.25) is 0 Å². The molecule has 3 rings (SSSR count). The molecule has 6 heteroatoms. The Morgan fingerprint density at radius 1 is 1.05 bits per heavy atom.